The van der Waals surface area contributed by atoms with Gasteiger partial charge in [-0.3, -0.25) is 4.79 Å². The molecule has 0 bridgehead atoms. The number of carbonyl (C=O) groups excluding carboxylic acids is 1. The number of aryl methyl sites for hydroxylation is 2. The maximum absolute atomic E-state index is 12.9. The summed E-state index contributed by atoms with van der Waals surface area (Å²) in [5.41, 5.74) is 4.78. The van der Waals surface area contributed by atoms with Crippen molar-refractivity contribution in [3.8, 4) is 5.75 Å². The van der Waals surface area contributed by atoms with Crippen LogP contribution in [0.1, 0.15) is 35.3 Å². The Kier molecular flexibility index (Phi) is 4.56. The van der Waals surface area contributed by atoms with Crippen LogP contribution in [0.25, 0.3) is 10.9 Å². The first-order valence-electron chi connectivity index (χ1n) is 8.25. The first kappa shape index (κ1) is 16.1. The van der Waals surface area contributed by atoms with Gasteiger partial charge in [-0.15, -0.1) is 0 Å². The molecule has 2 N–H and O–H groups in total. The lowest BCUT2D eigenvalue weighted by Crippen LogP contribution is -2.14. The van der Waals surface area contributed by atoms with E-state index in [4.69, 9.17) is 4.74 Å². The third-order valence-corrected chi connectivity index (χ3v) is 4.37. The Morgan fingerprint density at radius 2 is 1.83 bits per heavy atom. The highest BCUT2D eigenvalue weighted by Crippen LogP contribution is 2.27. The fraction of sp³-hybridized carbons (Fsp3) is 0.250. The van der Waals surface area contributed by atoms with Crippen LogP contribution in [0.5, 0.6) is 5.75 Å². The molecule has 2 aromatic carbocycles. The molecular weight excluding hydrogens is 300 g/mol. The van der Waals surface area contributed by atoms with Crippen LogP contribution < -0.4 is 10.1 Å². The summed E-state index contributed by atoms with van der Waals surface area (Å²) in [5, 5.41) is 3.97. The monoisotopic (exact) mass is 322 g/mol. The van der Waals surface area contributed by atoms with Crippen molar-refractivity contribution < 1.29 is 9.53 Å². The minimum Gasteiger partial charge on any atom is -0.497 e. The summed E-state index contributed by atoms with van der Waals surface area (Å²) in [6.45, 7) is 4.20. The molecular formula is C20H22N2O2. The van der Waals surface area contributed by atoms with Crippen molar-refractivity contribution in [2.75, 3.05) is 12.4 Å². The Morgan fingerprint density at radius 1 is 1.12 bits per heavy atom. The van der Waals surface area contributed by atoms with Crippen molar-refractivity contribution in [2.24, 2.45) is 0 Å². The molecule has 1 aromatic heterocycles. The van der Waals surface area contributed by atoms with Crippen LogP contribution in [0.3, 0.4) is 0 Å². The molecule has 1 amide bonds. The number of hydrogen-bond donors (Lipinski definition) is 2. The lowest BCUT2D eigenvalue weighted by molar-refractivity contribution is 0.102. The minimum atomic E-state index is -0.106. The van der Waals surface area contributed by atoms with Gasteiger partial charge in [0.1, 0.15) is 5.75 Å². The lowest BCUT2D eigenvalue weighted by atomic mass is 10.0. The molecule has 4 nitrogen and oxygen atoms in total. The number of aromatic amines is 1. The highest BCUT2D eigenvalue weighted by atomic mass is 16.5. The molecule has 1 heterocycles. The number of nitrogens with one attached hydrogen (secondary N) is 2. The lowest BCUT2D eigenvalue weighted by Gasteiger charge is -2.14. The van der Waals surface area contributed by atoms with E-state index in [1.807, 2.05) is 24.3 Å². The summed E-state index contributed by atoms with van der Waals surface area (Å²) in [4.78, 5) is 16.0. The van der Waals surface area contributed by atoms with Crippen molar-refractivity contribution in [2.45, 2.75) is 26.7 Å². The number of H-pyrrole nitrogens is 1. The van der Waals surface area contributed by atoms with Crippen molar-refractivity contribution in [3.05, 3.63) is 59.3 Å². The molecule has 0 aliphatic rings. The molecule has 3 rings (SSSR count). The first-order chi connectivity index (χ1) is 11.7. The van der Waals surface area contributed by atoms with Crippen LogP contribution in [0.4, 0.5) is 5.69 Å². The summed E-state index contributed by atoms with van der Waals surface area (Å²) >= 11 is 0. The molecule has 0 radical (unpaired) electrons. The Balaban J connectivity index is 1.99. The zero-order valence-electron chi connectivity index (χ0n) is 14.3. The molecule has 0 saturated heterocycles. The molecule has 0 unspecified atom stereocenters. The van der Waals surface area contributed by atoms with Crippen LogP contribution >= 0.6 is 0 Å². The summed E-state index contributed by atoms with van der Waals surface area (Å²) in [7, 11) is 1.62. The third-order valence-electron chi connectivity index (χ3n) is 4.37. The van der Waals surface area contributed by atoms with Gasteiger partial charge >= 0.3 is 0 Å². The van der Waals surface area contributed by atoms with Crippen molar-refractivity contribution in [3.63, 3.8) is 0 Å². The van der Waals surface area contributed by atoms with Crippen molar-refractivity contribution >= 4 is 22.5 Å². The SMILES string of the molecule is CCc1cccc(CC)c1NC(=O)c1c[nH]c2ccc(OC)cc12. The Bertz CT molecular complexity index is 858. The second-order valence-electron chi connectivity index (χ2n) is 5.73. The van der Waals surface area contributed by atoms with Crippen LogP contribution in [-0.4, -0.2) is 18.0 Å². The van der Waals surface area contributed by atoms with E-state index >= 15 is 0 Å². The van der Waals surface area contributed by atoms with E-state index in [2.05, 4.69) is 36.3 Å². The standard InChI is InChI=1S/C20H22N2O2/c1-4-13-7-6-8-14(5-2)19(13)22-20(23)17-12-21-18-10-9-15(24-3)11-16(17)18/h6-12,21H,4-5H2,1-3H3,(H,22,23). The number of hydrogen-bond acceptors (Lipinski definition) is 2. The number of carbonyl (C=O) groups is 1. The highest BCUT2D eigenvalue weighted by Gasteiger charge is 2.15. The van der Waals surface area contributed by atoms with Gasteiger partial charge in [-0.1, -0.05) is 32.0 Å². The predicted octanol–water partition coefficient (Wildman–Crippen LogP) is 4.55. The molecule has 0 saturated carbocycles. The molecule has 0 fully saturated rings. The summed E-state index contributed by atoms with van der Waals surface area (Å²) < 4.78 is 5.27. The molecule has 24 heavy (non-hydrogen) atoms. The van der Waals surface area contributed by atoms with E-state index in [9.17, 15) is 4.79 Å². The van der Waals surface area contributed by atoms with E-state index in [0.717, 1.165) is 46.3 Å². The van der Waals surface area contributed by atoms with Crippen LogP contribution in [0, 0.1) is 0 Å². The van der Waals surface area contributed by atoms with E-state index in [0.29, 0.717) is 5.56 Å². The van der Waals surface area contributed by atoms with Gasteiger partial charge in [-0.05, 0) is 42.2 Å². The highest BCUT2D eigenvalue weighted by molar-refractivity contribution is 6.13. The Morgan fingerprint density at radius 3 is 2.46 bits per heavy atom. The van der Waals surface area contributed by atoms with Gasteiger partial charge in [-0.2, -0.15) is 0 Å². The molecule has 0 spiro atoms. The van der Waals surface area contributed by atoms with Gasteiger partial charge in [0.2, 0.25) is 0 Å². The van der Waals surface area contributed by atoms with Crippen molar-refractivity contribution in [1.82, 2.24) is 4.98 Å². The molecule has 3 aromatic rings. The first-order valence-corrected chi connectivity index (χ1v) is 8.25. The van der Waals surface area contributed by atoms with Gasteiger partial charge < -0.3 is 15.0 Å². The summed E-state index contributed by atoms with van der Waals surface area (Å²) in [5.74, 6) is 0.629. The van der Waals surface area contributed by atoms with Gasteiger partial charge in [0, 0.05) is 22.8 Å². The van der Waals surface area contributed by atoms with Gasteiger partial charge in [0.25, 0.3) is 5.91 Å². The third kappa shape index (κ3) is 2.87. The maximum atomic E-state index is 12.9. The second-order valence-corrected chi connectivity index (χ2v) is 5.73. The number of methoxy groups -OCH3 is 1. The Hall–Kier alpha value is -2.75. The van der Waals surface area contributed by atoms with Gasteiger partial charge in [0.05, 0.1) is 12.7 Å². The minimum absolute atomic E-state index is 0.106. The predicted molar refractivity (Wildman–Crippen MR) is 98.0 cm³/mol. The van der Waals surface area contributed by atoms with Gasteiger partial charge in [0.15, 0.2) is 0 Å². The summed E-state index contributed by atoms with van der Waals surface area (Å²) in [6, 6.07) is 11.8. The topological polar surface area (TPSA) is 54.1 Å². The normalized spacial score (nSPS) is 10.8. The van der Waals surface area contributed by atoms with E-state index in [1.54, 1.807) is 13.3 Å². The zero-order valence-corrected chi connectivity index (χ0v) is 14.3. The number of para-hydroxylation sites is 1. The van der Waals surface area contributed by atoms with E-state index < -0.39 is 0 Å². The average molecular weight is 322 g/mol. The molecule has 124 valence electrons. The number of amides is 1. The quantitative estimate of drug-likeness (QED) is 0.724. The summed E-state index contributed by atoms with van der Waals surface area (Å²) in [6.07, 6.45) is 3.51. The van der Waals surface area contributed by atoms with Gasteiger partial charge in [-0.25, -0.2) is 0 Å². The maximum Gasteiger partial charge on any atom is 0.257 e. The molecule has 0 atom stereocenters. The molecule has 0 aliphatic carbocycles. The van der Waals surface area contributed by atoms with Crippen molar-refractivity contribution in [1.29, 1.82) is 0 Å². The van der Waals surface area contributed by atoms with Crippen LogP contribution in [-0.2, 0) is 12.8 Å². The number of ether oxygens (including phenoxy) is 1. The largest absolute Gasteiger partial charge is 0.497 e. The fourth-order valence-electron chi connectivity index (χ4n) is 3.00. The number of rotatable bonds is 5. The number of anilines is 1. The smallest absolute Gasteiger partial charge is 0.257 e. The number of benzene rings is 2. The molecule has 0 aliphatic heterocycles. The second kappa shape index (κ2) is 6.79. The van der Waals surface area contributed by atoms with Crippen LogP contribution in [0.2, 0.25) is 0 Å². The van der Waals surface area contributed by atoms with E-state index in [1.165, 1.54) is 0 Å². The Labute approximate surface area is 141 Å². The fourth-order valence-corrected chi connectivity index (χ4v) is 3.00. The number of aromatic nitrogens is 1. The average Bonchev–Trinajstić information content (AvgIpc) is 3.04. The number of fused-ring (bicyclic) bond motifs is 1. The molecule has 4 heteroatoms. The zero-order chi connectivity index (χ0) is 17.1. The van der Waals surface area contributed by atoms with Crippen LogP contribution in [0.15, 0.2) is 42.6 Å². The van der Waals surface area contributed by atoms with E-state index in [-0.39, 0.29) is 5.91 Å².